The normalized spacial score (nSPS) is 24.6. The standard InChI is InChI=1S/C21H26N2O3/c22-9-12-26-19-14-18(24)21(19)7-10-23(11-8-21)20(25)17-6-5-15-3-1-2-4-16(15)13-17/h1-6,13,18-19,24H,7-12,14,22H2. The van der Waals surface area contributed by atoms with Gasteiger partial charge in [0.05, 0.1) is 18.8 Å². The van der Waals surface area contributed by atoms with Crippen molar-refractivity contribution in [2.75, 3.05) is 26.2 Å². The molecule has 5 heteroatoms. The highest BCUT2D eigenvalue weighted by Gasteiger charge is 2.56. The molecule has 1 aliphatic heterocycles. The van der Waals surface area contributed by atoms with Gasteiger partial charge in [0.2, 0.25) is 0 Å². The number of hydrogen-bond donors (Lipinski definition) is 2. The fourth-order valence-corrected chi connectivity index (χ4v) is 4.46. The molecule has 1 amide bonds. The molecule has 2 unspecified atom stereocenters. The minimum absolute atomic E-state index is 0.0684. The van der Waals surface area contributed by atoms with E-state index in [9.17, 15) is 9.90 Å². The highest BCUT2D eigenvalue weighted by molar-refractivity contribution is 5.98. The molecule has 1 spiro atoms. The Balaban J connectivity index is 1.44. The Hall–Kier alpha value is -1.95. The molecule has 3 N–H and O–H groups in total. The van der Waals surface area contributed by atoms with Crippen LogP contribution in [0.15, 0.2) is 42.5 Å². The van der Waals surface area contributed by atoms with Gasteiger partial charge in [-0.25, -0.2) is 0 Å². The van der Waals surface area contributed by atoms with Gasteiger partial charge in [0, 0.05) is 37.0 Å². The Morgan fingerprint density at radius 1 is 1.19 bits per heavy atom. The number of rotatable bonds is 4. The number of benzene rings is 2. The molecule has 2 fully saturated rings. The third-order valence-corrected chi connectivity index (χ3v) is 6.16. The van der Waals surface area contributed by atoms with E-state index in [0.717, 1.165) is 29.2 Å². The van der Waals surface area contributed by atoms with Crippen molar-refractivity contribution in [3.63, 3.8) is 0 Å². The lowest BCUT2D eigenvalue weighted by Gasteiger charge is -2.56. The number of ether oxygens (including phenoxy) is 1. The van der Waals surface area contributed by atoms with E-state index in [0.29, 0.717) is 32.7 Å². The first kappa shape index (κ1) is 17.5. The van der Waals surface area contributed by atoms with Crippen molar-refractivity contribution in [2.45, 2.75) is 31.5 Å². The SMILES string of the molecule is NCCOC1CC(O)C12CCN(C(=O)c1ccc3ccccc3c1)CC2. The Bertz CT molecular complexity index is 799. The van der Waals surface area contributed by atoms with Crippen LogP contribution in [0.2, 0.25) is 0 Å². The molecule has 2 aromatic rings. The van der Waals surface area contributed by atoms with Gasteiger partial charge >= 0.3 is 0 Å². The molecule has 138 valence electrons. The van der Waals surface area contributed by atoms with E-state index in [2.05, 4.69) is 0 Å². The lowest BCUT2D eigenvalue weighted by Crippen LogP contribution is -2.62. The van der Waals surface area contributed by atoms with Crippen LogP contribution in [0.25, 0.3) is 10.8 Å². The van der Waals surface area contributed by atoms with Crippen LogP contribution >= 0.6 is 0 Å². The molecule has 1 saturated heterocycles. The average Bonchev–Trinajstić information content (AvgIpc) is 2.70. The number of piperidine rings is 1. The maximum atomic E-state index is 12.9. The van der Waals surface area contributed by atoms with Crippen LogP contribution in [-0.4, -0.2) is 54.4 Å². The first-order valence-corrected chi connectivity index (χ1v) is 9.42. The molecular weight excluding hydrogens is 328 g/mol. The zero-order valence-corrected chi connectivity index (χ0v) is 14.9. The zero-order valence-electron chi connectivity index (χ0n) is 14.9. The second-order valence-electron chi connectivity index (χ2n) is 7.49. The van der Waals surface area contributed by atoms with Gasteiger partial charge in [-0.15, -0.1) is 0 Å². The minimum atomic E-state index is -0.330. The van der Waals surface area contributed by atoms with Crippen molar-refractivity contribution in [3.05, 3.63) is 48.0 Å². The molecule has 0 aromatic heterocycles. The summed E-state index contributed by atoms with van der Waals surface area (Å²) in [6.07, 6.45) is 1.98. The summed E-state index contributed by atoms with van der Waals surface area (Å²) in [7, 11) is 0. The van der Waals surface area contributed by atoms with Gasteiger partial charge in [-0.1, -0.05) is 30.3 Å². The van der Waals surface area contributed by atoms with Crippen molar-refractivity contribution in [3.8, 4) is 0 Å². The molecule has 1 saturated carbocycles. The van der Waals surface area contributed by atoms with Crippen molar-refractivity contribution < 1.29 is 14.6 Å². The molecule has 4 rings (SSSR count). The Kier molecular flexibility index (Phi) is 4.69. The number of carbonyl (C=O) groups excluding carboxylic acids is 1. The number of nitrogens with two attached hydrogens (primary N) is 1. The van der Waals surface area contributed by atoms with Gasteiger partial charge < -0.3 is 20.5 Å². The highest BCUT2D eigenvalue weighted by atomic mass is 16.5. The predicted octanol–water partition coefficient (Wildman–Crippen LogP) is 2.17. The van der Waals surface area contributed by atoms with Gasteiger partial charge in [0.25, 0.3) is 5.91 Å². The fourth-order valence-electron chi connectivity index (χ4n) is 4.46. The van der Waals surface area contributed by atoms with E-state index >= 15 is 0 Å². The van der Waals surface area contributed by atoms with Gasteiger partial charge in [-0.3, -0.25) is 4.79 Å². The second-order valence-corrected chi connectivity index (χ2v) is 7.49. The van der Waals surface area contributed by atoms with Crippen LogP contribution in [0.1, 0.15) is 29.6 Å². The van der Waals surface area contributed by atoms with Crippen molar-refractivity contribution in [2.24, 2.45) is 11.1 Å². The first-order chi connectivity index (χ1) is 12.6. The lowest BCUT2D eigenvalue weighted by atomic mass is 9.58. The van der Waals surface area contributed by atoms with Crippen molar-refractivity contribution in [1.82, 2.24) is 4.90 Å². The van der Waals surface area contributed by atoms with Gasteiger partial charge in [0.1, 0.15) is 0 Å². The quantitative estimate of drug-likeness (QED) is 0.882. The van der Waals surface area contributed by atoms with Gasteiger partial charge in [-0.05, 0) is 35.7 Å². The Morgan fingerprint density at radius 3 is 2.62 bits per heavy atom. The van der Waals surface area contributed by atoms with Crippen LogP contribution in [-0.2, 0) is 4.74 Å². The van der Waals surface area contributed by atoms with Crippen molar-refractivity contribution >= 4 is 16.7 Å². The average molecular weight is 354 g/mol. The largest absolute Gasteiger partial charge is 0.392 e. The summed E-state index contributed by atoms with van der Waals surface area (Å²) >= 11 is 0. The van der Waals surface area contributed by atoms with Gasteiger partial charge in [0.15, 0.2) is 0 Å². The third kappa shape index (κ3) is 2.90. The number of aliphatic hydroxyl groups excluding tert-OH is 1. The highest BCUT2D eigenvalue weighted by Crippen LogP contribution is 2.51. The predicted molar refractivity (Wildman–Crippen MR) is 101 cm³/mol. The summed E-state index contributed by atoms with van der Waals surface area (Å²) in [6.45, 7) is 2.34. The Labute approximate surface area is 153 Å². The van der Waals surface area contributed by atoms with Crippen LogP contribution in [0.3, 0.4) is 0 Å². The summed E-state index contributed by atoms with van der Waals surface area (Å²) in [5.41, 5.74) is 6.06. The summed E-state index contributed by atoms with van der Waals surface area (Å²) < 4.78 is 5.83. The molecule has 2 aliphatic rings. The molecule has 2 atom stereocenters. The van der Waals surface area contributed by atoms with Crippen LogP contribution in [0, 0.1) is 5.41 Å². The topological polar surface area (TPSA) is 75.8 Å². The van der Waals surface area contributed by atoms with Crippen molar-refractivity contribution in [1.29, 1.82) is 0 Å². The number of carbonyl (C=O) groups is 1. The zero-order chi connectivity index (χ0) is 18.1. The number of hydrogen-bond acceptors (Lipinski definition) is 4. The number of amides is 1. The molecular formula is C21H26N2O3. The monoisotopic (exact) mass is 354 g/mol. The summed E-state index contributed by atoms with van der Waals surface area (Å²) in [5.74, 6) is 0.0684. The van der Waals surface area contributed by atoms with E-state index in [1.165, 1.54) is 0 Å². The lowest BCUT2D eigenvalue weighted by molar-refractivity contribution is -0.207. The number of fused-ring (bicyclic) bond motifs is 1. The smallest absolute Gasteiger partial charge is 0.253 e. The van der Waals surface area contributed by atoms with Crippen LogP contribution < -0.4 is 5.73 Å². The second kappa shape index (κ2) is 6.99. The minimum Gasteiger partial charge on any atom is -0.392 e. The van der Waals surface area contributed by atoms with E-state index in [4.69, 9.17) is 10.5 Å². The van der Waals surface area contributed by atoms with Gasteiger partial charge in [-0.2, -0.15) is 0 Å². The molecule has 5 nitrogen and oxygen atoms in total. The van der Waals surface area contributed by atoms with Crippen LogP contribution in [0.4, 0.5) is 0 Å². The molecule has 2 aromatic carbocycles. The molecule has 0 bridgehead atoms. The number of nitrogens with zero attached hydrogens (tertiary/aromatic N) is 1. The molecule has 1 aliphatic carbocycles. The van der Waals surface area contributed by atoms with E-state index in [1.807, 2.05) is 47.4 Å². The first-order valence-electron chi connectivity index (χ1n) is 9.42. The summed E-state index contributed by atoms with van der Waals surface area (Å²) in [6, 6.07) is 13.9. The van der Waals surface area contributed by atoms with Crippen LogP contribution in [0.5, 0.6) is 0 Å². The number of aliphatic hydroxyl groups is 1. The van der Waals surface area contributed by atoms with E-state index in [-0.39, 0.29) is 23.5 Å². The molecule has 1 heterocycles. The van der Waals surface area contributed by atoms with E-state index < -0.39 is 0 Å². The fraction of sp³-hybridized carbons (Fsp3) is 0.476. The third-order valence-electron chi connectivity index (χ3n) is 6.16. The molecule has 0 radical (unpaired) electrons. The number of likely N-dealkylation sites (tertiary alicyclic amines) is 1. The Morgan fingerprint density at radius 2 is 1.92 bits per heavy atom. The maximum Gasteiger partial charge on any atom is 0.253 e. The summed E-state index contributed by atoms with van der Waals surface area (Å²) in [5, 5.41) is 12.6. The molecule has 26 heavy (non-hydrogen) atoms. The van der Waals surface area contributed by atoms with E-state index in [1.54, 1.807) is 0 Å². The summed E-state index contributed by atoms with van der Waals surface area (Å²) in [4.78, 5) is 14.8. The maximum absolute atomic E-state index is 12.9.